The molecule has 1 amide bonds. The second-order valence-corrected chi connectivity index (χ2v) is 6.00. The van der Waals surface area contributed by atoms with Crippen molar-refractivity contribution in [3.05, 3.63) is 35.9 Å². The molecule has 0 spiro atoms. The van der Waals surface area contributed by atoms with Crippen LogP contribution in [0.3, 0.4) is 0 Å². The summed E-state index contributed by atoms with van der Waals surface area (Å²) < 4.78 is 5.06. The number of hydrogen-bond donors (Lipinski definition) is 2. The summed E-state index contributed by atoms with van der Waals surface area (Å²) in [4.78, 5) is 17.7. The quantitative estimate of drug-likeness (QED) is 0.269. The van der Waals surface area contributed by atoms with Gasteiger partial charge in [0.2, 0.25) is 5.91 Å². The SMILES string of the molecule is COCCNC(=NCC(=O)N(C)C)NC(C)C(C)c1ccccc1.I. The minimum Gasteiger partial charge on any atom is -0.383 e. The third kappa shape index (κ3) is 9.06. The highest BCUT2D eigenvalue weighted by molar-refractivity contribution is 14.0. The molecule has 0 saturated heterocycles. The minimum absolute atomic E-state index is 0. The zero-order chi connectivity index (χ0) is 17.9. The largest absolute Gasteiger partial charge is 0.383 e. The number of likely N-dealkylation sites (N-methyl/N-ethyl adjacent to an activating group) is 1. The van der Waals surface area contributed by atoms with E-state index in [4.69, 9.17) is 4.74 Å². The summed E-state index contributed by atoms with van der Waals surface area (Å²) in [6, 6.07) is 10.5. The Morgan fingerprint density at radius 1 is 1.24 bits per heavy atom. The molecule has 0 aliphatic heterocycles. The molecule has 1 aromatic carbocycles. The van der Waals surface area contributed by atoms with E-state index in [0.717, 1.165) is 0 Å². The van der Waals surface area contributed by atoms with Crippen molar-refractivity contribution in [2.24, 2.45) is 4.99 Å². The number of hydrogen-bond acceptors (Lipinski definition) is 3. The number of carbonyl (C=O) groups is 1. The van der Waals surface area contributed by atoms with Gasteiger partial charge in [-0.05, 0) is 12.5 Å². The van der Waals surface area contributed by atoms with Crippen LogP contribution in [0.1, 0.15) is 25.3 Å². The molecule has 2 N–H and O–H groups in total. The van der Waals surface area contributed by atoms with E-state index in [2.05, 4.69) is 41.6 Å². The van der Waals surface area contributed by atoms with E-state index in [9.17, 15) is 4.79 Å². The number of aliphatic imine (C=N–C) groups is 1. The predicted molar refractivity (Wildman–Crippen MR) is 114 cm³/mol. The standard InChI is InChI=1S/C18H30N4O2.HI/c1-14(16-9-7-6-8-10-16)15(2)21-18(19-11-12-24-5)20-13-17(23)22(3)4;/h6-10,14-15H,11-13H2,1-5H3,(H2,19,20,21);1H. The molecule has 1 aromatic rings. The first-order chi connectivity index (χ1) is 11.5. The monoisotopic (exact) mass is 462 g/mol. The lowest BCUT2D eigenvalue weighted by molar-refractivity contribution is -0.127. The number of ether oxygens (including phenoxy) is 1. The molecular weight excluding hydrogens is 431 g/mol. The van der Waals surface area contributed by atoms with E-state index in [-0.39, 0.29) is 42.5 Å². The van der Waals surface area contributed by atoms with Gasteiger partial charge < -0.3 is 20.3 Å². The highest BCUT2D eigenvalue weighted by Crippen LogP contribution is 2.18. The number of amides is 1. The number of nitrogens with one attached hydrogen (secondary N) is 2. The molecule has 0 heterocycles. The second-order valence-electron chi connectivity index (χ2n) is 6.00. The van der Waals surface area contributed by atoms with Gasteiger partial charge >= 0.3 is 0 Å². The van der Waals surface area contributed by atoms with Gasteiger partial charge in [-0.15, -0.1) is 24.0 Å². The molecule has 0 aliphatic carbocycles. The molecular formula is C18H31IN4O2. The first-order valence-electron chi connectivity index (χ1n) is 8.24. The van der Waals surface area contributed by atoms with Crippen molar-refractivity contribution >= 4 is 35.8 Å². The van der Waals surface area contributed by atoms with E-state index >= 15 is 0 Å². The first kappa shape index (κ1) is 23.6. The van der Waals surface area contributed by atoms with Crippen molar-refractivity contribution in [3.8, 4) is 0 Å². The van der Waals surface area contributed by atoms with Gasteiger partial charge in [-0.2, -0.15) is 0 Å². The van der Waals surface area contributed by atoms with Gasteiger partial charge in [0, 0.05) is 39.7 Å². The highest BCUT2D eigenvalue weighted by Gasteiger charge is 2.15. The molecule has 0 radical (unpaired) electrons. The maximum atomic E-state index is 11.8. The van der Waals surface area contributed by atoms with Crippen LogP contribution in [0, 0.1) is 0 Å². The Morgan fingerprint density at radius 3 is 2.44 bits per heavy atom. The minimum atomic E-state index is -0.0356. The van der Waals surface area contributed by atoms with Gasteiger partial charge in [0.05, 0.1) is 6.61 Å². The average molecular weight is 462 g/mol. The maximum Gasteiger partial charge on any atom is 0.243 e. The number of guanidine groups is 1. The van der Waals surface area contributed by atoms with Gasteiger partial charge in [-0.25, -0.2) is 4.99 Å². The fourth-order valence-corrected chi connectivity index (χ4v) is 2.10. The maximum absolute atomic E-state index is 11.8. The van der Waals surface area contributed by atoms with Crippen LogP contribution in [0.5, 0.6) is 0 Å². The smallest absolute Gasteiger partial charge is 0.243 e. The van der Waals surface area contributed by atoms with Crippen molar-refractivity contribution < 1.29 is 9.53 Å². The van der Waals surface area contributed by atoms with E-state index in [1.807, 2.05) is 18.2 Å². The second kappa shape index (κ2) is 12.9. The molecule has 0 aromatic heterocycles. The van der Waals surface area contributed by atoms with E-state index in [1.165, 1.54) is 10.5 Å². The Balaban J connectivity index is 0.00000576. The van der Waals surface area contributed by atoms with E-state index in [1.54, 1.807) is 21.2 Å². The molecule has 0 aliphatic rings. The zero-order valence-electron chi connectivity index (χ0n) is 15.8. The lowest BCUT2D eigenvalue weighted by Gasteiger charge is -2.24. The summed E-state index contributed by atoms with van der Waals surface area (Å²) in [5.41, 5.74) is 1.26. The van der Waals surface area contributed by atoms with Crippen LogP contribution in [-0.4, -0.2) is 63.7 Å². The van der Waals surface area contributed by atoms with Crippen molar-refractivity contribution in [2.45, 2.75) is 25.8 Å². The Bertz CT molecular complexity index is 523. The number of nitrogens with zero attached hydrogens (tertiary/aromatic N) is 2. The summed E-state index contributed by atoms with van der Waals surface area (Å²) in [7, 11) is 5.11. The Labute approximate surface area is 168 Å². The fraction of sp³-hybridized carbons (Fsp3) is 0.556. The highest BCUT2D eigenvalue weighted by atomic mass is 127. The third-order valence-electron chi connectivity index (χ3n) is 3.91. The average Bonchev–Trinajstić information content (AvgIpc) is 2.59. The molecule has 2 atom stereocenters. The predicted octanol–water partition coefficient (Wildman–Crippen LogP) is 2.07. The molecule has 2 unspecified atom stereocenters. The van der Waals surface area contributed by atoms with E-state index in [0.29, 0.717) is 25.0 Å². The van der Waals surface area contributed by atoms with Crippen LogP contribution in [0.25, 0.3) is 0 Å². The van der Waals surface area contributed by atoms with Crippen molar-refractivity contribution in [2.75, 3.05) is 40.9 Å². The van der Waals surface area contributed by atoms with Crippen LogP contribution in [0.15, 0.2) is 35.3 Å². The molecule has 142 valence electrons. The zero-order valence-corrected chi connectivity index (χ0v) is 18.1. The topological polar surface area (TPSA) is 66.0 Å². The van der Waals surface area contributed by atoms with Gasteiger partial charge in [-0.1, -0.05) is 37.3 Å². The lowest BCUT2D eigenvalue weighted by Crippen LogP contribution is -2.45. The summed E-state index contributed by atoms with van der Waals surface area (Å²) in [6.45, 7) is 5.60. The Kier molecular flexibility index (Phi) is 12.2. The molecule has 6 nitrogen and oxygen atoms in total. The Hall–Kier alpha value is -1.35. The fourth-order valence-electron chi connectivity index (χ4n) is 2.10. The Morgan fingerprint density at radius 2 is 1.88 bits per heavy atom. The van der Waals surface area contributed by atoms with Gasteiger partial charge in [-0.3, -0.25) is 4.79 Å². The van der Waals surface area contributed by atoms with Crippen molar-refractivity contribution in [1.29, 1.82) is 0 Å². The lowest BCUT2D eigenvalue weighted by atomic mass is 9.94. The number of carbonyl (C=O) groups excluding carboxylic acids is 1. The van der Waals surface area contributed by atoms with Crippen molar-refractivity contribution in [1.82, 2.24) is 15.5 Å². The summed E-state index contributed by atoms with van der Waals surface area (Å²) in [5, 5.41) is 6.58. The number of halogens is 1. The first-order valence-corrected chi connectivity index (χ1v) is 8.24. The van der Waals surface area contributed by atoms with Crippen LogP contribution < -0.4 is 10.6 Å². The van der Waals surface area contributed by atoms with Crippen LogP contribution in [0.2, 0.25) is 0 Å². The van der Waals surface area contributed by atoms with E-state index < -0.39 is 0 Å². The van der Waals surface area contributed by atoms with Gasteiger partial charge in [0.15, 0.2) is 5.96 Å². The molecule has 0 bridgehead atoms. The van der Waals surface area contributed by atoms with Gasteiger partial charge in [0.25, 0.3) is 0 Å². The van der Waals surface area contributed by atoms with Crippen molar-refractivity contribution in [3.63, 3.8) is 0 Å². The van der Waals surface area contributed by atoms with Crippen LogP contribution in [0.4, 0.5) is 0 Å². The summed E-state index contributed by atoms with van der Waals surface area (Å²) >= 11 is 0. The number of methoxy groups -OCH3 is 1. The molecule has 7 heteroatoms. The van der Waals surface area contributed by atoms with Crippen LogP contribution >= 0.6 is 24.0 Å². The third-order valence-corrected chi connectivity index (χ3v) is 3.91. The number of rotatable bonds is 8. The van der Waals surface area contributed by atoms with Crippen LogP contribution in [-0.2, 0) is 9.53 Å². The molecule has 0 fully saturated rings. The molecule has 25 heavy (non-hydrogen) atoms. The molecule has 0 saturated carbocycles. The summed E-state index contributed by atoms with van der Waals surface area (Å²) in [5.74, 6) is 0.898. The molecule has 1 rings (SSSR count). The normalized spacial score (nSPS) is 13.4. The number of benzene rings is 1. The summed E-state index contributed by atoms with van der Waals surface area (Å²) in [6.07, 6.45) is 0. The van der Waals surface area contributed by atoms with Gasteiger partial charge in [0.1, 0.15) is 6.54 Å².